The third-order valence-corrected chi connectivity index (χ3v) is 4.21. The number of hydrogen-bond acceptors (Lipinski definition) is 4. The molecular weight excluding hydrogens is 392 g/mol. The van der Waals surface area contributed by atoms with E-state index in [1.165, 1.54) is 18.2 Å². The highest BCUT2D eigenvalue weighted by Gasteiger charge is 2.24. The molecule has 124 valence electrons. The third-order valence-electron chi connectivity index (χ3n) is 2.59. The van der Waals surface area contributed by atoms with Crippen molar-refractivity contribution in [1.29, 1.82) is 0 Å². The average molecular weight is 401 g/mol. The lowest BCUT2D eigenvalue weighted by Crippen LogP contribution is -2.16. The topological polar surface area (TPSA) is 81.1 Å². The summed E-state index contributed by atoms with van der Waals surface area (Å²) >= 11 is 17.3. The van der Waals surface area contributed by atoms with E-state index in [1.54, 1.807) is 0 Å². The molecule has 0 saturated heterocycles. The molecule has 0 radical (unpaired) electrons. The van der Waals surface area contributed by atoms with Gasteiger partial charge in [0.15, 0.2) is 26.5 Å². The lowest BCUT2D eigenvalue weighted by molar-refractivity contribution is 0.101. The van der Waals surface area contributed by atoms with Crippen molar-refractivity contribution in [2.75, 3.05) is 11.6 Å². The van der Waals surface area contributed by atoms with Gasteiger partial charge in [-0.05, 0) is 18.2 Å². The number of carbonyl (C=O) groups is 1. The molecule has 1 aromatic heterocycles. The molecule has 0 aliphatic heterocycles. The number of aromatic nitrogens is 2. The second-order valence-electron chi connectivity index (χ2n) is 4.59. The Labute approximate surface area is 146 Å². The summed E-state index contributed by atoms with van der Waals surface area (Å²) in [5.41, 5.74) is -0.459. The van der Waals surface area contributed by atoms with Gasteiger partial charge in [0.1, 0.15) is 5.88 Å². The van der Waals surface area contributed by atoms with Gasteiger partial charge in [0.25, 0.3) is 5.91 Å². The average Bonchev–Trinajstić information content (AvgIpc) is 2.68. The molecular formula is C12H9Cl3FN3O3S. The fourth-order valence-corrected chi connectivity index (χ4v) is 2.99. The van der Waals surface area contributed by atoms with Gasteiger partial charge < -0.3 is 5.32 Å². The van der Waals surface area contributed by atoms with Gasteiger partial charge >= 0.3 is 0 Å². The Balaban J connectivity index is 2.31. The van der Waals surface area contributed by atoms with E-state index < -0.39 is 38.3 Å². The number of benzene rings is 1. The molecule has 0 bridgehead atoms. The Hall–Kier alpha value is -1.35. The zero-order valence-electron chi connectivity index (χ0n) is 11.5. The summed E-state index contributed by atoms with van der Waals surface area (Å²) < 4.78 is 37.2. The number of nitrogens with zero attached hydrogens (tertiary/aromatic N) is 2. The van der Waals surface area contributed by atoms with Crippen molar-refractivity contribution in [2.45, 2.75) is 5.88 Å². The number of anilines is 1. The largest absolute Gasteiger partial charge is 0.319 e. The normalized spacial score (nSPS) is 11.5. The van der Waals surface area contributed by atoms with Crippen LogP contribution in [0.4, 0.5) is 10.1 Å². The van der Waals surface area contributed by atoms with Gasteiger partial charge in [0.05, 0.1) is 10.7 Å². The summed E-state index contributed by atoms with van der Waals surface area (Å²) in [6, 6.07) is 4.30. The van der Waals surface area contributed by atoms with E-state index in [9.17, 15) is 17.6 Å². The first-order valence-electron chi connectivity index (χ1n) is 5.94. The van der Waals surface area contributed by atoms with Gasteiger partial charge in [0, 0.05) is 11.3 Å². The number of hydrogen-bond donors (Lipinski definition) is 1. The summed E-state index contributed by atoms with van der Waals surface area (Å²) in [6.45, 7) is 0. The SMILES string of the molecule is CS(=O)(=O)Cn1nc(C(=O)Nc2ccc(Cl)cc2Cl)c(F)c1Cl. The van der Waals surface area contributed by atoms with Crippen LogP contribution in [0, 0.1) is 5.82 Å². The Morgan fingerprint density at radius 1 is 1.35 bits per heavy atom. The zero-order valence-corrected chi connectivity index (χ0v) is 14.6. The predicted octanol–water partition coefficient (Wildman–Crippen LogP) is 3.24. The standard InChI is InChI=1S/C12H9Cl3FN3O3S/c1-23(21,22)5-19-11(15)9(16)10(18-19)12(20)17-8-3-2-6(13)4-7(8)14/h2-4H,5H2,1H3,(H,17,20). The second kappa shape index (κ2) is 6.64. The van der Waals surface area contributed by atoms with Crippen LogP contribution in [0.15, 0.2) is 18.2 Å². The van der Waals surface area contributed by atoms with E-state index >= 15 is 0 Å². The molecule has 2 rings (SSSR count). The fraction of sp³-hybridized carbons (Fsp3) is 0.167. The van der Waals surface area contributed by atoms with Gasteiger partial charge in [-0.25, -0.2) is 17.5 Å². The quantitative estimate of drug-likeness (QED) is 0.854. The monoisotopic (exact) mass is 399 g/mol. The number of nitrogens with one attached hydrogen (secondary N) is 1. The van der Waals surface area contributed by atoms with Crippen LogP contribution in [0.25, 0.3) is 0 Å². The number of halogens is 4. The molecule has 1 N–H and O–H groups in total. The molecule has 0 aliphatic rings. The highest BCUT2D eigenvalue weighted by molar-refractivity contribution is 7.89. The zero-order chi connectivity index (χ0) is 17.4. The van der Waals surface area contributed by atoms with Gasteiger partial charge in [-0.15, -0.1) is 0 Å². The smallest absolute Gasteiger partial charge is 0.279 e. The summed E-state index contributed by atoms with van der Waals surface area (Å²) in [5, 5.41) is 5.86. The summed E-state index contributed by atoms with van der Waals surface area (Å²) in [4.78, 5) is 12.1. The first kappa shape index (κ1) is 18.0. The number of rotatable bonds is 4. The van der Waals surface area contributed by atoms with Crippen LogP contribution in [0.3, 0.4) is 0 Å². The van der Waals surface area contributed by atoms with Crippen molar-refractivity contribution < 1.29 is 17.6 Å². The number of sulfone groups is 1. The number of carbonyl (C=O) groups excluding carboxylic acids is 1. The highest BCUT2D eigenvalue weighted by atomic mass is 35.5. The number of amides is 1. The van der Waals surface area contributed by atoms with E-state index in [2.05, 4.69) is 10.4 Å². The minimum Gasteiger partial charge on any atom is -0.319 e. The molecule has 0 aliphatic carbocycles. The van der Waals surface area contributed by atoms with E-state index in [1.807, 2.05) is 0 Å². The highest BCUT2D eigenvalue weighted by Crippen LogP contribution is 2.26. The molecule has 11 heteroatoms. The van der Waals surface area contributed by atoms with E-state index in [4.69, 9.17) is 34.8 Å². The van der Waals surface area contributed by atoms with Crippen LogP contribution >= 0.6 is 34.8 Å². The van der Waals surface area contributed by atoms with Crippen LogP contribution in [-0.4, -0.2) is 30.4 Å². The Bertz CT molecular complexity index is 883. The molecule has 0 saturated carbocycles. The first-order chi connectivity index (χ1) is 10.6. The van der Waals surface area contributed by atoms with Crippen LogP contribution in [-0.2, 0) is 15.7 Å². The molecule has 1 heterocycles. The Kier molecular flexibility index (Phi) is 5.20. The van der Waals surface area contributed by atoms with Gasteiger partial charge in [-0.2, -0.15) is 5.10 Å². The maximum absolute atomic E-state index is 14.0. The minimum atomic E-state index is -3.52. The molecule has 0 unspecified atom stereocenters. The molecule has 0 fully saturated rings. The van der Waals surface area contributed by atoms with Gasteiger partial charge in [0.2, 0.25) is 0 Å². The van der Waals surface area contributed by atoms with Crippen molar-refractivity contribution in [3.05, 3.63) is 44.9 Å². The Morgan fingerprint density at radius 2 is 2.00 bits per heavy atom. The summed E-state index contributed by atoms with van der Waals surface area (Å²) in [7, 11) is -3.52. The Morgan fingerprint density at radius 3 is 2.57 bits per heavy atom. The van der Waals surface area contributed by atoms with Crippen LogP contribution in [0.2, 0.25) is 15.2 Å². The van der Waals surface area contributed by atoms with Crippen LogP contribution < -0.4 is 5.32 Å². The third kappa shape index (κ3) is 4.35. The molecule has 0 atom stereocenters. The predicted molar refractivity (Wildman–Crippen MR) is 86.5 cm³/mol. The van der Waals surface area contributed by atoms with Crippen molar-refractivity contribution >= 4 is 56.2 Å². The lowest BCUT2D eigenvalue weighted by atomic mass is 10.3. The molecule has 6 nitrogen and oxygen atoms in total. The van der Waals surface area contributed by atoms with E-state index in [0.29, 0.717) is 9.70 Å². The summed E-state index contributed by atoms with van der Waals surface area (Å²) in [6.07, 6.45) is 0.927. The fourth-order valence-electron chi connectivity index (χ4n) is 1.64. The summed E-state index contributed by atoms with van der Waals surface area (Å²) in [5.74, 6) is -2.71. The van der Waals surface area contributed by atoms with Crippen molar-refractivity contribution in [3.8, 4) is 0 Å². The van der Waals surface area contributed by atoms with Crippen molar-refractivity contribution in [1.82, 2.24) is 9.78 Å². The lowest BCUT2D eigenvalue weighted by Gasteiger charge is -2.05. The van der Waals surface area contributed by atoms with E-state index in [0.717, 1.165) is 6.26 Å². The van der Waals surface area contributed by atoms with Crippen molar-refractivity contribution in [3.63, 3.8) is 0 Å². The van der Waals surface area contributed by atoms with Gasteiger partial charge in [-0.1, -0.05) is 34.8 Å². The maximum Gasteiger partial charge on any atom is 0.279 e. The van der Waals surface area contributed by atoms with Crippen LogP contribution in [0.1, 0.15) is 10.5 Å². The van der Waals surface area contributed by atoms with Gasteiger partial charge in [-0.3, -0.25) is 4.79 Å². The molecule has 1 amide bonds. The van der Waals surface area contributed by atoms with Crippen LogP contribution in [0.5, 0.6) is 0 Å². The first-order valence-corrected chi connectivity index (χ1v) is 9.14. The molecule has 23 heavy (non-hydrogen) atoms. The minimum absolute atomic E-state index is 0.146. The molecule has 1 aromatic carbocycles. The second-order valence-corrected chi connectivity index (χ2v) is 7.90. The maximum atomic E-state index is 14.0. The van der Waals surface area contributed by atoms with Crippen molar-refractivity contribution in [2.24, 2.45) is 0 Å². The molecule has 2 aromatic rings. The van der Waals surface area contributed by atoms with E-state index in [-0.39, 0.29) is 10.7 Å². The molecule has 0 spiro atoms.